The molecule has 1 aliphatic rings. The van der Waals surface area contributed by atoms with Gasteiger partial charge < -0.3 is 14.0 Å². The van der Waals surface area contributed by atoms with Crippen LogP contribution in [0.25, 0.3) is 10.2 Å². The van der Waals surface area contributed by atoms with Crippen LogP contribution in [0.4, 0.5) is 0 Å². The number of hydrogen-bond acceptors (Lipinski definition) is 5. The first-order chi connectivity index (χ1) is 11.5. The van der Waals surface area contributed by atoms with Gasteiger partial charge in [-0.05, 0) is 13.0 Å². The number of nitrogens with zero attached hydrogens (tertiary/aromatic N) is 4. The van der Waals surface area contributed by atoms with Crippen molar-refractivity contribution in [3.63, 3.8) is 0 Å². The van der Waals surface area contributed by atoms with Crippen LogP contribution < -0.4 is 14.3 Å². The summed E-state index contributed by atoms with van der Waals surface area (Å²) in [5.74, 6) is 1.15. The Hall–Kier alpha value is -2.61. The molecule has 0 bridgehead atoms. The summed E-state index contributed by atoms with van der Waals surface area (Å²) in [6, 6.07) is 5.60. The SMILES string of the molecule is Cc1cc(C(=O)N=c2sc3cc4c(cc3n2C)OCCO4)n(C)n1. The number of aromatic nitrogens is 3. The van der Waals surface area contributed by atoms with Gasteiger partial charge in [0, 0.05) is 26.2 Å². The predicted octanol–water partition coefficient (Wildman–Crippen LogP) is 1.79. The second kappa shape index (κ2) is 5.48. The summed E-state index contributed by atoms with van der Waals surface area (Å²) in [5, 5.41) is 4.19. The zero-order chi connectivity index (χ0) is 16.8. The smallest absolute Gasteiger partial charge is 0.297 e. The van der Waals surface area contributed by atoms with Crippen LogP contribution in [-0.4, -0.2) is 33.5 Å². The number of carbonyl (C=O) groups excluding carboxylic acids is 1. The first-order valence-corrected chi connectivity index (χ1v) is 8.33. The Bertz CT molecular complexity index is 1030. The second-order valence-corrected chi connectivity index (χ2v) is 6.63. The summed E-state index contributed by atoms with van der Waals surface area (Å²) in [6.45, 7) is 2.94. The minimum atomic E-state index is -0.308. The summed E-state index contributed by atoms with van der Waals surface area (Å²) in [4.78, 5) is 17.3. The van der Waals surface area contributed by atoms with Crippen molar-refractivity contribution in [1.29, 1.82) is 0 Å². The highest BCUT2D eigenvalue weighted by molar-refractivity contribution is 7.16. The molecule has 0 unspecified atom stereocenters. The molecule has 24 heavy (non-hydrogen) atoms. The van der Waals surface area contributed by atoms with E-state index in [2.05, 4.69) is 10.1 Å². The van der Waals surface area contributed by atoms with Gasteiger partial charge in [-0.3, -0.25) is 9.48 Å². The van der Waals surface area contributed by atoms with Crippen LogP contribution >= 0.6 is 11.3 Å². The van der Waals surface area contributed by atoms with Gasteiger partial charge in [-0.2, -0.15) is 10.1 Å². The molecule has 0 spiro atoms. The highest BCUT2D eigenvalue weighted by Crippen LogP contribution is 2.35. The number of fused-ring (bicyclic) bond motifs is 2. The lowest BCUT2D eigenvalue weighted by Gasteiger charge is -2.18. The van der Waals surface area contributed by atoms with Crippen LogP contribution in [0.2, 0.25) is 0 Å². The molecular weight excluding hydrogens is 328 g/mol. The lowest BCUT2D eigenvalue weighted by atomic mass is 10.3. The Morgan fingerprint density at radius 1 is 1.21 bits per heavy atom. The summed E-state index contributed by atoms with van der Waals surface area (Å²) >= 11 is 1.44. The molecule has 0 radical (unpaired) electrons. The zero-order valence-electron chi connectivity index (χ0n) is 13.6. The monoisotopic (exact) mass is 344 g/mol. The Balaban J connectivity index is 1.83. The first kappa shape index (κ1) is 14.9. The number of rotatable bonds is 1. The van der Waals surface area contributed by atoms with Gasteiger partial charge in [0.05, 0.1) is 15.9 Å². The van der Waals surface area contributed by atoms with Gasteiger partial charge in [0.1, 0.15) is 18.9 Å². The molecule has 0 fully saturated rings. The summed E-state index contributed by atoms with van der Waals surface area (Å²) in [6.07, 6.45) is 0. The third kappa shape index (κ3) is 2.39. The van der Waals surface area contributed by atoms with E-state index in [1.165, 1.54) is 11.3 Å². The van der Waals surface area contributed by atoms with Crippen LogP contribution in [0.15, 0.2) is 23.2 Å². The van der Waals surface area contributed by atoms with Crippen LogP contribution in [0.5, 0.6) is 11.5 Å². The molecule has 0 aliphatic carbocycles. The molecule has 7 nitrogen and oxygen atoms in total. The van der Waals surface area contributed by atoms with Crippen molar-refractivity contribution < 1.29 is 14.3 Å². The molecule has 0 saturated carbocycles. The molecule has 1 aliphatic heterocycles. The number of carbonyl (C=O) groups is 1. The number of amides is 1. The van der Waals surface area contributed by atoms with Gasteiger partial charge in [0.15, 0.2) is 16.3 Å². The van der Waals surface area contributed by atoms with E-state index in [-0.39, 0.29) is 5.91 Å². The van der Waals surface area contributed by atoms with Crippen molar-refractivity contribution in [3.8, 4) is 11.5 Å². The molecule has 3 heterocycles. The Morgan fingerprint density at radius 3 is 2.58 bits per heavy atom. The minimum Gasteiger partial charge on any atom is -0.486 e. The number of hydrogen-bond donors (Lipinski definition) is 0. The maximum atomic E-state index is 12.4. The topological polar surface area (TPSA) is 70.6 Å². The average Bonchev–Trinajstić information content (AvgIpc) is 3.05. The summed E-state index contributed by atoms with van der Waals surface area (Å²) in [5.41, 5.74) is 2.21. The van der Waals surface area contributed by atoms with Crippen molar-refractivity contribution in [2.75, 3.05) is 13.2 Å². The largest absolute Gasteiger partial charge is 0.486 e. The quantitative estimate of drug-likeness (QED) is 0.675. The van der Waals surface area contributed by atoms with E-state index in [9.17, 15) is 4.79 Å². The normalized spacial score (nSPS) is 14.4. The van der Waals surface area contributed by atoms with Gasteiger partial charge in [-0.15, -0.1) is 0 Å². The van der Waals surface area contributed by atoms with Crippen LogP contribution in [0.3, 0.4) is 0 Å². The van der Waals surface area contributed by atoms with Crippen LogP contribution in [0.1, 0.15) is 16.2 Å². The molecule has 0 N–H and O–H groups in total. The Morgan fingerprint density at radius 2 is 1.92 bits per heavy atom. The maximum Gasteiger partial charge on any atom is 0.297 e. The molecule has 124 valence electrons. The molecule has 1 aromatic carbocycles. The van der Waals surface area contributed by atoms with E-state index >= 15 is 0 Å². The lowest BCUT2D eigenvalue weighted by molar-refractivity contribution is 0.0989. The molecular formula is C16H16N4O3S. The standard InChI is InChI=1S/C16H16N4O3S/c1-9-6-11(20(3)18-9)15(21)17-16-19(2)10-7-12-13(8-14(10)24-16)23-5-4-22-12/h6-8H,4-5H2,1-3H3. The number of thiazole rings is 1. The summed E-state index contributed by atoms with van der Waals surface area (Å²) < 4.78 is 15.7. The summed E-state index contributed by atoms with van der Waals surface area (Å²) in [7, 11) is 3.62. The number of ether oxygens (including phenoxy) is 2. The molecule has 4 rings (SSSR count). The van der Waals surface area contributed by atoms with Gasteiger partial charge in [-0.1, -0.05) is 11.3 Å². The Kier molecular flexibility index (Phi) is 3.42. The van der Waals surface area contributed by atoms with E-state index in [1.54, 1.807) is 17.8 Å². The van der Waals surface area contributed by atoms with E-state index in [0.717, 1.165) is 27.4 Å². The first-order valence-electron chi connectivity index (χ1n) is 7.52. The fraction of sp³-hybridized carbons (Fsp3) is 0.312. The van der Waals surface area contributed by atoms with Gasteiger partial charge in [0.25, 0.3) is 5.91 Å². The van der Waals surface area contributed by atoms with Gasteiger partial charge in [-0.25, -0.2) is 0 Å². The lowest BCUT2D eigenvalue weighted by Crippen LogP contribution is -2.16. The van der Waals surface area contributed by atoms with Crippen molar-refractivity contribution in [2.45, 2.75) is 6.92 Å². The molecule has 1 amide bonds. The third-order valence-electron chi connectivity index (χ3n) is 3.89. The van der Waals surface area contributed by atoms with Crippen molar-refractivity contribution in [3.05, 3.63) is 34.4 Å². The van der Waals surface area contributed by atoms with Crippen molar-refractivity contribution in [1.82, 2.24) is 14.3 Å². The number of benzene rings is 1. The van der Waals surface area contributed by atoms with E-state index in [1.807, 2.05) is 30.7 Å². The predicted molar refractivity (Wildman–Crippen MR) is 89.6 cm³/mol. The second-order valence-electron chi connectivity index (χ2n) is 5.62. The molecule has 0 saturated heterocycles. The fourth-order valence-electron chi connectivity index (χ4n) is 2.73. The van der Waals surface area contributed by atoms with Crippen LogP contribution in [-0.2, 0) is 14.1 Å². The Labute approximate surface area is 141 Å². The van der Waals surface area contributed by atoms with Gasteiger partial charge in [0.2, 0.25) is 0 Å². The van der Waals surface area contributed by atoms with E-state index < -0.39 is 0 Å². The van der Waals surface area contributed by atoms with E-state index in [4.69, 9.17) is 9.47 Å². The third-order valence-corrected chi connectivity index (χ3v) is 4.99. The highest BCUT2D eigenvalue weighted by Gasteiger charge is 2.16. The zero-order valence-corrected chi connectivity index (χ0v) is 14.4. The van der Waals surface area contributed by atoms with Gasteiger partial charge >= 0.3 is 0 Å². The van der Waals surface area contributed by atoms with Crippen molar-refractivity contribution >= 4 is 27.5 Å². The number of aryl methyl sites for hydroxylation is 3. The van der Waals surface area contributed by atoms with Crippen LogP contribution in [0, 0.1) is 6.92 Å². The molecule has 2 aromatic heterocycles. The fourth-order valence-corrected chi connectivity index (χ4v) is 3.75. The highest BCUT2D eigenvalue weighted by atomic mass is 32.1. The van der Waals surface area contributed by atoms with Crippen molar-refractivity contribution in [2.24, 2.45) is 19.1 Å². The minimum absolute atomic E-state index is 0.308. The average molecular weight is 344 g/mol. The van der Waals surface area contributed by atoms with E-state index in [0.29, 0.717) is 23.7 Å². The molecule has 8 heteroatoms. The molecule has 0 atom stereocenters. The maximum absolute atomic E-state index is 12.4. The molecule has 3 aromatic rings.